The maximum absolute atomic E-state index is 13.6. The van der Waals surface area contributed by atoms with Gasteiger partial charge in [-0.2, -0.15) is 0 Å². The van der Waals surface area contributed by atoms with E-state index in [0.717, 1.165) is 12.0 Å². The summed E-state index contributed by atoms with van der Waals surface area (Å²) in [6.45, 7) is 0.658. The first kappa shape index (κ1) is 15.1. The number of hydrogen-bond donors (Lipinski definition) is 1. The number of nitrogens with two attached hydrogens (primary N) is 1. The van der Waals surface area contributed by atoms with E-state index in [1.54, 1.807) is 18.2 Å². The molecule has 0 fully saturated rings. The van der Waals surface area contributed by atoms with E-state index in [1.165, 1.54) is 6.07 Å². The summed E-state index contributed by atoms with van der Waals surface area (Å²) in [4.78, 5) is 0. The van der Waals surface area contributed by atoms with Gasteiger partial charge in [-0.25, -0.2) is 4.39 Å². The summed E-state index contributed by atoms with van der Waals surface area (Å²) >= 11 is 11.8. The molecule has 0 heterocycles. The van der Waals surface area contributed by atoms with E-state index < -0.39 is 5.82 Å². The minimum Gasteiger partial charge on any atom is -0.487 e. The molecule has 2 N–H and O–H groups in total. The van der Waals surface area contributed by atoms with Crippen LogP contribution in [-0.2, 0) is 13.0 Å². The predicted octanol–water partition coefficient (Wildman–Crippen LogP) is 4.21. The van der Waals surface area contributed by atoms with Crippen LogP contribution in [0.25, 0.3) is 0 Å². The van der Waals surface area contributed by atoms with Gasteiger partial charge in [0.25, 0.3) is 0 Å². The lowest BCUT2D eigenvalue weighted by Gasteiger charge is -2.10. The van der Waals surface area contributed by atoms with Gasteiger partial charge in [-0.05, 0) is 42.8 Å². The van der Waals surface area contributed by atoms with Crippen LogP contribution in [0.15, 0.2) is 36.4 Å². The number of hydrogen-bond acceptors (Lipinski definition) is 2. The Morgan fingerprint density at radius 3 is 2.55 bits per heavy atom. The molecule has 0 saturated heterocycles. The third-order valence-electron chi connectivity index (χ3n) is 2.83. The van der Waals surface area contributed by atoms with Crippen molar-refractivity contribution in [3.63, 3.8) is 0 Å². The van der Waals surface area contributed by atoms with Gasteiger partial charge in [0.1, 0.15) is 18.2 Å². The van der Waals surface area contributed by atoms with Crippen molar-refractivity contribution in [1.82, 2.24) is 0 Å². The van der Waals surface area contributed by atoms with Crippen LogP contribution < -0.4 is 10.5 Å². The number of halogens is 3. The third kappa shape index (κ3) is 3.85. The van der Waals surface area contributed by atoms with Crippen LogP contribution in [-0.4, -0.2) is 6.54 Å². The Morgan fingerprint density at radius 2 is 1.90 bits per heavy atom. The molecule has 2 rings (SSSR count). The summed E-state index contributed by atoms with van der Waals surface area (Å²) < 4.78 is 19.1. The first-order valence-electron chi connectivity index (χ1n) is 6.15. The van der Waals surface area contributed by atoms with Crippen molar-refractivity contribution in [3.05, 3.63) is 63.4 Å². The van der Waals surface area contributed by atoms with Crippen molar-refractivity contribution >= 4 is 23.2 Å². The molecule has 5 heteroatoms. The summed E-state index contributed by atoms with van der Waals surface area (Å²) in [5, 5.41) is 0.848. The monoisotopic (exact) mass is 313 g/mol. The Bertz CT molecular complexity index is 604. The van der Waals surface area contributed by atoms with E-state index in [4.69, 9.17) is 33.7 Å². The number of benzene rings is 2. The van der Waals surface area contributed by atoms with Crippen molar-refractivity contribution in [2.75, 3.05) is 6.54 Å². The van der Waals surface area contributed by atoms with E-state index in [1.807, 2.05) is 12.1 Å². The molecule has 106 valence electrons. The van der Waals surface area contributed by atoms with Gasteiger partial charge in [-0.1, -0.05) is 35.3 Å². The van der Waals surface area contributed by atoms with Gasteiger partial charge in [0.05, 0.1) is 5.02 Å². The average molecular weight is 314 g/mol. The molecule has 0 saturated carbocycles. The van der Waals surface area contributed by atoms with Gasteiger partial charge in [0.15, 0.2) is 0 Å². The van der Waals surface area contributed by atoms with Crippen molar-refractivity contribution < 1.29 is 9.13 Å². The summed E-state index contributed by atoms with van der Waals surface area (Å²) in [5.74, 6) is 0.121. The zero-order valence-corrected chi connectivity index (χ0v) is 12.2. The second-order valence-corrected chi connectivity index (χ2v) is 5.17. The first-order valence-corrected chi connectivity index (χ1v) is 6.91. The topological polar surface area (TPSA) is 35.2 Å². The molecule has 0 radical (unpaired) electrons. The molecule has 0 aromatic heterocycles. The van der Waals surface area contributed by atoms with Crippen LogP contribution in [0.2, 0.25) is 10.0 Å². The largest absolute Gasteiger partial charge is 0.487 e. The van der Waals surface area contributed by atoms with E-state index >= 15 is 0 Å². The summed E-state index contributed by atoms with van der Waals surface area (Å²) in [6.07, 6.45) is 0.756. The maximum atomic E-state index is 13.6. The minimum absolute atomic E-state index is 0.0962. The quantitative estimate of drug-likeness (QED) is 0.897. The summed E-state index contributed by atoms with van der Waals surface area (Å²) in [7, 11) is 0. The normalized spacial score (nSPS) is 10.6. The molecule has 2 aromatic carbocycles. The molecular weight excluding hydrogens is 300 g/mol. The van der Waals surface area contributed by atoms with E-state index in [0.29, 0.717) is 27.9 Å². The second-order valence-electron chi connectivity index (χ2n) is 4.33. The zero-order valence-electron chi connectivity index (χ0n) is 10.7. The highest BCUT2D eigenvalue weighted by atomic mass is 35.5. The Morgan fingerprint density at radius 1 is 1.10 bits per heavy atom. The average Bonchev–Trinajstić information content (AvgIpc) is 2.40. The van der Waals surface area contributed by atoms with Crippen LogP contribution in [0.3, 0.4) is 0 Å². The zero-order chi connectivity index (χ0) is 14.5. The molecule has 0 bridgehead atoms. The fraction of sp³-hybridized carbons (Fsp3) is 0.200. The number of rotatable bonds is 5. The lowest BCUT2D eigenvalue weighted by Crippen LogP contribution is -2.03. The van der Waals surface area contributed by atoms with Crippen molar-refractivity contribution in [1.29, 1.82) is 0 Å². The van der Waals surface area contributed by atoms with Crippen molar-refractivity contribution in [2.45, 2.75) is 13.0 Å². The van der Waals surface area contributed by atoms with E-state index in [9.17, 15) is 4.39 Å². The Hall–Kier alpha value is -1.29. The third-order valence-corrected chi connectivity index (χ3v) is 3.36. The molecule has 0 aliphatic heterocycles. The van der Waals surface area contributed by atoms with Crippen LogP contribution in [0.1, 0.15) is 11.1 Å². The molecule has 0 aliphatic rings. The van der Waals surface area contributed by atoms with Gasteiger partial charge in [-0.3, -0.25) is 0 Å². The van der Waals surface area contributed by atoms with Gasteiger partial charge in [-0.15, -0.1) is 0 Å². The molecule has 0 spiro atoms. The fourth-order valence-corrected chi connectivity index (χ4v) is 2.19. The fourth-order valence-electron chi connectivity index (χ4n) is 1.78. The first-order chi connectivity index (χ1) is 9.60. The smallest absolute Gasteiger partial charge is 0.138 e. The van der Waals surface area contributed by atoms with Crippen LogP contribution in [0.5, 0.6) is 5.75 Å². The highest BCUT2D eigenvalue weighted by Crippen LogP contribution is 2.27. The number of ether oxygens (including phenoxy) is 1. The molecule has 20 heavy (non-hydrogen) atoms. The Labute approximate surface area is 127 Å². The minimum atomic E-state index is -0.395. The molecule has 2 aromatic rings. The highest BCUT2D eigenvalue weighted by molar-refractivity contribution is 6.32. The second kappa shape index (κ2) is 6.93. The van der Waals surface area contributed by atoms with Crippen LogP contribution in [0, 0.1) is 5.82 Å². The van der Waals surface area contributed by atoms with Crippen molar-refractivity contribution in [2.24, 2.45) is 5.73 Å². The van der Waals surface area contributed by atoms with Crippen LogP contribution >= 0.6 is 23.2 Å². The Kier molecular flexibility index (Phi) is 5.24. The van der Waals surface area contributed by atoms with Gasteiger partial charge >= 0.3 is 0 Å². The molecule has 0 aliphatic carbocycles. The van der Waals surface area contributed by atoms with Gasteiger partial charge in [0.2, 0.25) is 0 Å². The highest BCUT2D eigenvalue weighted by Gasteiger charge is 2.07. The van der Waals surface area contributed by atoms with E-state index in [-0.39, 0.29) is 6.61 Å². The van der Waals surface area contributed by atoms with Gasteiger partial charge < -0.3 is 10.5 Å². The molecule has 0 atom stereocenters. The summed E-state index contributed by atoms with van der Waals surface area (Å²) in [5.41, 5.74) is 6.96. The maximum Gasteiger partial charge on any atom is 0.138 e. The van der Waals surface area contributed by atoms with Crippen molar-refractivity contribution in [3.8, 4) is 5.75 Å². The van der Waals surface area contributed by atoms with E-state index in [2.05, 4.69) is 0 Å². The standard InChI is InChI=1S/C15H14Cl2FNO/c16-12-3-2-11(14(18)8-12)9-20-15-4-1-10(5-6-19)7-13(15)17/h1-4,7-8H,5-6,9,19H2. The Balaban J connectivity index is 2.07. The van der Waals surface area contributed by atoms with Crippen LogP contribution in [0.4, 0.5) is 4.39 Å². The molecule has 2 nitrogen and oxygen atoms in total. The molecular formula is C15H14Cl2FNO. The SMILES string of the molecule is NCCc1ccc(OCc2ccc(Cl)cc2F)c(Cl)c1. The predicted molar refractivity (Wildman–Crippen MR) is 80.0 cm³/mol. The van der Waals surface area contributed by atoms with Gasteiger partial charge in [0, 0.05) is 10.6 Å². The lowest BCUT2D eigenvalue weighted by atomic mass is 10.1. The molecule has 0 amide bonds. The molecule has 0 unspecified atom stereocenters. The summed E-state index contributed by atoms with van der Waals surface area (Å²) in [6, 6.07) is 9.94. The lowest BCUT2D eigenvalue weighted by molar-refractivity contribution is 0.300.